The molecule has 11 heteroatoms. The van der Waals surface area contributed by atoms with E-state index in [2.05, 4.69) is 4.98 Å². The zero-order chi connectivity index (χ0) is 24.7. The molecular weight excluding hydrogens is 439 g/mol. The van der Waals surface area contributed by atoms with E-state index < -0.39 is 24.2 Å². The standard InChI is InChI=1S/C22H30F3N5O3/c1-13(21(2,3)4)29(20(32)33)11-14-7-8-17-16(10-14)27-19(26)30(17)12-15-6-5-9-28(15)18(31)22(23,24)25/h7-8,10,13,15H,5-6,9,11-12H2,1-4H3,(H2,26,27)(H,32,33)/t13?,15-/m0/s1. The summed E-state index contributed by atoms with van der Waals surface area (Å²) in [6.45, 7) is 8.02. The fourth-order valence-electron chi connectivity index (χ4n) is 4.22. The molecule has 0 bridgehead atoms. The first-order valence-corrected chi connectivity index (χ1v) is 10.8. The van der Waals surface area contributed by atoms with Gasteiger partial charge >= 0.3 is 18.2 Å². The monoisotopic (exact) mass is 469 g/mol. The van der Waals surface area contributed by atoms with E-state index in [0.717, 1.165) is 10.5 Å². The molecule has 182 valence electrons. The molecule has 0 radical (unpaired) electrons. The van der Waals surface area contributed by atoms with Crippen molar-refractivity contribution in [2.75, 3.05) is 6.54 Å². The van der Waals surface area contributed by atoms with Gasteiger partial charge in [-0.2, -0.15) is 13.2 Å². The third-order valence-corrected chi connectivity index (χ3v) is 6.47. The number of rotatable bonds is 5. The van der Waals surface area contributed by atoms with Crippen molar-refractivity contribution in [3.63, 3.8) is 0 Å². The SMILES string of the molecule is CC(N(Cc1ccc2c(c1)[nH]c(=N)n2C[C@@H]1CCCN1C(=O)C(F)(F)F)C(=O)O)C(C)(C)C. The van der Waals surface area contributed by atoms with Gasteiger partial charge in [-0.05, 0) is 42.9 Å². The topological polar surface area (TPSA) is 105 Å². The molecule has 3 N–H and O–H groups in total. The lowest BCUT2D eigenvalue weighted by Gasteiger charge is -2.36. The maximum absolute atomic E-state index is 12.9. The molecule has 3 rings (SSSR count). The number of nitrogens with zero attached hydrogens (tertiary/aromatic N) is 3. The van der Waals surface area contributed by atoms with Gasteiger partial charge in [-0.25, -0.2) is 4.79 Å². The van der Waals surface area contributed by atoms with E-state index in [1.807, 2.05) is 27.7 Å². The summed E-state index contributed by atoms with van der Waals surface area (Å²) < 4.78 is 40.4. The lowest BCUT2D eigenvalue weighted by atomic mass is 9.87. The van der Waals surface area contributed by atoms with Gasteiger partial charge in [0.25, 0.3) is 0 Å². The van der Waals surface area contributed by atoms with Crippen LogP contribution in [-0.4, -0.2) is 61.3 Å². The van der Waals surface area contributed by atoms with Crippen molar-refractivity contribution in [2.24, 2.45) is 5.41 Å². The molecule has 1 aromatic carbocycles. The lowest BCUT2D eigenvalue weighted by molar-refractivity contribution is -0.186. The minimum absolute atomic E-state index is 0.00612. The molecule has 1 aromatic heterocycles. The Bertz CT molecular complexity index is 1100. The molecule has 2 heterocycles. The van der Waals surface area contributed by atoms with Gasteiger partial charge in [-0.15, -0.1) is 0 Å². The van der Waals surface area contributed by atoms with Crippen LogP contribution in [0.1, 0.15) is 46.1 Å². The predicted molar refractivity (Wildman–Crippen MR) is 115 cm³/mol. The average molecular weight is 470 g/mol. The van der Waals surface area contributed by atoms with Crippen LogP contribution < -0.4 is 5.62 Å². The van der Waals surface area contributed by atoms with E-state index >= 15 is 0 Å². The second-order valence-electron chi connectivity index (χ2n) is 9.68. The van der Waals surface area contributed by atoms with Crippen LogP contribution in [0.2, 0.25) is 0 Å². The lowest BCUT2D eigenvalue weighted by Crippen LogP contribution is -2.46. The number of hydrogen-bond acceptors (Lipinski definition) is 3. The fraction of sp³-hybridized carbons (Fsp3) is 0.591. The molecule has 1 aliphatic rings. The van der Waals surface area contributed by atoms with Crippen LogP contribution in [0.5, 0.6) is 0 Å². The number of likely N-dealkylation sites (tertiary alicyclic amines) is 1. The van der Waals surface area contributed by atoms with Gasteiger partial charge in [0, 0.05) is 25.7 Å². The van der Waals surface area contributed by atoms with Gasteiger partial charge in [-0.3, -0.25) is 10.2 Å². The molecule has 33 heavy (non-hydrogen) atoms. The van der Waals surface area contributed by atoms with Crippen LogP contribution in [0.3, 0.4) is 0 Å². The number of carbonyl (C=O) groups excluding carboxylic acids is 1. The van der Waals surface area contributed by atoms with Crippen molar-refractivity contribution < 1.29 is 27.9 Å². The molecule has 8 nitrogen and oxygen atoms in total. The summed E-state index contributed by atoms with van der Waals surface area (Å²) in [5, 5.41) is 18.0. The number of fused-ring (bicyclic) bond motifs is 1. The van der Waals surface area contributed by atoms with E-state index in [-0.39, 0.29) is 36.7 Å². The smallest absolute Gasteiger partial charge is 0.465 e. The highest BCUT2D eigenvalue weighted by Crippen LogP contribution is 2.28. The quantitative estimate of drug-likeness (QED) is 0.618. The van der Waals surface area contributed by atoms with Gasteiger partial charge in [0.05, 0.1) is 17.1 Å². The zero-order valence-electron chi connectivity index (χ0n) is 19.2. The Morgan fingerprint density at radius 2 is 1.97 bits per heavy atom. The predicted octanol–water partition coefficient (Wildman–Crippen LogP) is 3.92. The maximum atomic E-state index is 12.9. The van der Waals surface area contributed by atoms with Crippen molar-refractivity contribution >= 4 is 23.0 Å². The zero-order valence-corrected chi connectivity index (χ0v) is 19.2. The number of halogens is 3. The number of benzene rings is 1. The van der Waals surface area contributed by atoms with Gasteiger partial charge in [-0.1, -0.05) is 26.8 Å². The number of aromatic amines is 1. The van der Waals surface area contributed by atoms with Crippen LogP contribution in [0.15, 0.2) is 18.2 Å². The summed E-state index contributed by atoms with van der Waals surface area (Å²) in [7, 11) is 0. The van der Waals surface area contributed by atoms with Crippen LogP contribution in [-0.2, 0) is 17.9 Å². The highest BCUT2D eigenvalue weighted by molar-refractivity contribution is 5.82. The molecule has 1 saturated heterocycles. The summed E-state index contributed by atoms with van der Waals surface area (Å²) in [4.78, 5) is 28.7. The molecule has 1 unspecified atom stereocenters. The van der Waals surface area contributed by atoms with Crippen molar-refractivity contribution in [3.8, 4) is 0 Å². The van der Waals surface area contributed by atoms with E-state index in [1.165, 1.54) is 4.90 Å². The van der Waals surface area contributed by atoms with Gasteiger partial charge in [0.15, 0.2) is 5.62 Å². The summed E-state index contributed by atoms with van der Waals surface area (Å²) in [5.41, 5.74) is 1.67. The number of hydrogen-bond donors (Lipinski definition) is 3. The number of alkyl halides is 3. The van der Waals surface area contributed by atoms with Crippen LogP contribution >= 0.6 is 0 Å². The number of nitrogens with one attached hydrogen (secondary N) is 2. The Morgan fingerprint density at radius 1 is 1.30 bits per heavy atom. The number of H-pyrrole nitrogens is 1. The molecule has 0 saturated carbocycles. The first-order chi connectivity index (χ1) is 15.2. The van der Waals surface area contributed by atoms with Crippen LogP contribution in [0.25, 0.3) is 11.0 Å². The summed E-state index contributed by atoms with van der Waals surface area (Å²) in [6, 6.07) is 4.34. The molecule has 2 atom stereocenters. The largest absolute Gasteiger partial charge is 0.471 e. The van der Waals surface area contributed by atoms with E-state index in [4.69, 9.17) is 5.41 Å². The Hall–Kier alpha value is -2.98. The Kier molecular flexibility index (Phi) is 6.54. The minimum Gasteiger partial charge on any atom is -0.465 e. The second kappa shape index (κ2) is 8.75. The van der Waals surface area contributed by atoms with Crippen molar-refractivity contribution in [2.45, 2.75) is 71.9 Å². The summed E-state index contributed by atoms with van der Waals surface area (Å²) in [5.74, 6) is -1.85. The van der Waals surface area contributed by atoms with Gasteiger partial charge in [0.2, 0.25) is 0 Å². The van der Waals surface area contributed by atoms with E-state index in [0.29, 0.717) is 23.9 Å². The summed E-state index contributed by atoms with van der Waals surface area (Å²) in [6.07, 6.45) is -5.05. The Morgan fingerprint density at radius 3 is 2.55 bits per heavy atom. The maximum Gasteiger partial charge on any atom is 0.471 e. The highest BCUT2D eigenvalue weighted by atomic mass is 19.4. The Labute approximate surface area is 189 Å². The molecular formula is C22H30F3N5O3. The summed E-state index contributed by atoms with van der Waals surface area (Å²) >= 11 is 0. The molecule has 2 aromatic rings. The first kappa shape index (κ1) is 24.7. The Balaban J connectivity index is 1.86. The van der Waals surface area contributed by atoms with Gasteiger partial charge in [0.1, 0.15) is 0 Å². The number of amides is 2. The van der Waals surface area contributed by atoms with E-state index in [9.17, 15) is 27.9 Å². The molecule has 0 aliphatic carbocycles. The number of aromatic nitrogens is 2. The van der Waals surface area contributed by atoms with Crippen LogP contribution in [0.4, 0.5) is 18.0 Å². The molecule has 1 aliphatic heterocycles. The molecule has 0 spiro atoms. The van der Waals surface area contributed by atoms with Gasteiger partial charge < -0.3 is 24.5 Å². The van der Waals surface area contributed by atoms with Crippen molar-refractivity contribution in [1.29, 1.82) is 5.41 Å². The normalized spacial score (nSPS) is 18.0. The second-order valence-corrected chi connectivity index (χ2v) is 9.68. The fourth-order valence-corrected chi connectivity index (χ4v) is 4.22. The van der Waals surface area contributed by atoms with Crippen molar-refractivity contribution in [1.82, 2.24) is 19.4 Å². The highest BCUT2D eigenvalue weighted by Gasteiger charge is 2.46. The van der Waals surface area contributed by atoms with Crippen LogP contribution in [0, 0.1) is 10.8 Å². The van der Waals surface area contributed by atoms with E-state index in [1.54, 1.807) is 22.8 Å². The average Bonchev–Trinajstić information content (AvgIpc) is 3.27. The molecule has 1 fully saturated rings. The first-order valence-electron chi connectivity index (χ1n) is 10.8. The minimum atomic E-state index is -4.92. The third kappa shape index (κ3) is 5.17. The number of carboxylic acid groups (broad SMARTS) is 1. The molecule has 2 amide bonds. The number of imidazole rings is 1. The third-order valence-electron chi connectivity index (χ3n) is 6.47. The van der Waals surface area contributed by atoms with Crippen molar-refractivity contribution in [3.05, 3.63) is 29.4 Å². The number of carbonyl (C=O) groups is 2.